The van der Waals surface area contributed by atoms with Gasteiger partial charge in [0.05, 0.1) is 12.2 Å². The highest BCUT2D eigenvalue weighted by Gasteiger charge is 2.48. The van der Waals surface area contributed by atoms with Gasteiger partial charge in [-0.25, -0.2) is 4.79 Å². The number of hydrogen-bond donors (Lipinski definition) is 0. The van der Waals surface area contributed by atoms with E-state index in [2.05, 4.69) is 4.18 Å². The molecule has 0 aliphatic carbocycles. The van der Waals surface area contributed by atoms with Crippen molar-refractivity contribution in [2.75, 3.05) is 6.61 Å². The predicted molar refractivity (Wildman–Crippen MR) is 87.2 cm³/mol. The molecule has 0 saturated heterocycles. The zero-order chi connectivity index (χ0) is 19.4. The predicted octanol–water partition coefficient (Wildman–Crippen LogP) is 3.68. The SMILES string of the molecule is CCOC(=O)c1ccc(Cc2ccc(OS(=O)(=O)C(F)(F)F)cc2)cc1. The number of alkyl halides is 3. The molecule has 0 fully saturated rings. The molecule has 0 N–H and O–H groups in total. The van der Waals surface area contributed by atoms with Gasteiger partial charge in [-0.2, -0.15) is 21.6 Å². The molecule has 0 radical (unpaired) electrons. The van der Waals surface area contributed by atoms with Gasteiger partial charge in [-0.15, -0.1) is 0 Å². The number of benzene rings is 2. The standard InChI is InChI=1S/C17H15F3O5S/c1-2-24-16(21)14-7-3-12(4-8-14)11-13-5-9-15(10-6-13)25-26(22,23)17(18,19)20/h3-10H,2,11H2,1H3. The zero-order valence-corrected chi connectivity index (χ0v) is 14.4. The lowest BCUT2D eigenvalue weighted by atomic mass is 10.0. The first-order chi connectivity index (χ1) is 12.1. The Balaban J connectivity index is 2.04. The number of esters is 1. The fourth-order valence-corrected chi connectivity index (χ4v) is 2.50. The van der Waals surface area contributed by atoms with Crippen LogP contribution >= 0.6 is 0 Å². The maximum absolute atomic E-state index is 12.3. The quantitative estimate of drug-likeness (QED) is 0.429. The molecule has 0 unspecified atom stereocenters. The van der Waals surface area contributed by atoms with Crippen molar-refractivity contribution in [2.45, 2.75) is 18.9 Å². The van der Waals surface area contributed by atoms with Gasteiger partial charge in [-0.05, 0) is 48.7 Å². The fraction of sp³-hybridized carbons (Fsp3) is 0.235. The van der Waals surface area contributed by atoms with Gasteiger partial charge >= 0.3 is 21.6 Å². The molecule has 2 rings (SSSR count). The number of hydrogen-bond acceptors (Lipinski definition) is 5. The Labute approximate surface area is 148 Å². The van der Waals surface area contributed by atoms with Gasteiger partial charge in [0, 0.05) is 0 Å². The lowest BCUT2D eigenvalue weighted by Crippen LogP contribution is -2.28. The fourth-order valence-electron chi connectivity index (χ4n) is 2.05. The van der Waals surface area contributed by atoms with Gasteiger partial charge in [0.25, 0.3) is 0 Å². The minimum absolute atomic E-state index is 0.277. The van der Waals surface area contributed by atoms with E-state index in [1.165, 1.54) is 12.1 Å². The first-order valence-electron chi connectivity index (χ1n) is 7.48. The highest BCUT2D eigenvalue weighted by Crippen LogP contribution is 2.27. The molecule has 2 aromatic rings. The van der Waals surface area contributed by atoms with Crippen molar-refractivity contribution in [1.82, 2.24) is 0 Å². The van der Waals surface area contributed by atoms with Crippen LogP contribution in [-0.2, 0) is 21.3 Å². The number of carbonyl (C=O) groups is 1. The third kappa shape index (κ3) is 4.98. The minimum atomic E-state index is -5.68. The molecule has 0 spiro atoms. The van der Waals surface area contributed by atoms with Gasteiger partial charge in [-0.1, -0.05) is 24.3 Å². The second-order valence-corrected chi connectivity index (χ2v) is 6.76. The number of halogens is 3. The topological polar surface area (TPSA) is 69.7 Å². The smallest absolute Gasteiger partial charge is 0.462 e. The van der Waals surface area contributed by atoms with Crippen molar-refractivity contribution in [3.63, 3.8) is 0 Å². The number of rotatable bonds is 6. The second kappa shape index (κ2) is 7.77. The highest BCUT2D eigenvalue weighted by atomic mass is 32.2. The van der Waals surface area contributed by atoms with Gasteiger partial charge in [0.1, 0.15) is 5.75 Å². The average Bonchev–Trinajstić information content (AvgIpc) is 2.56. The van der Waals surface area contributed by atoms with Crippen molar-refractivity contribution >= 4 is 16.1 Å². The van der Waals surface area contributed by atoms with Gasteiger partial charge in [-0.3, -0.25) is 0 Å². The molecule has 0 atom stereocenters. The molecule has 0 aliphatic heterocycles. The van der Waals surface area contributed by atoms with E-state index in [9.17, 15) is 26.4 Å². The van der Waals surface area contributed by atoms with E-state index in [0.29, 0.717) is 12.0 Å². The minimum Gasteiger partial charge on any atom is -0.462 e. The summed E-state index contributed by atoms with van der Waals surface area (Å²) in [5, 5.41) is 0. The molecule has 140 valence electrons. The van der Waals surface area contributed by atoms with E-state index in [-0.39, 0.29) is 6.61 Å². The molecule has 0 amide bonds. The third-order valence-corrected chi connectivity index (χ3v) is 4.26. The van der Waals surface area contributed by atoms with Crippen LogP contribution in [0.15, 0.2) is 48.5 Å². The van der Waals surface area contributed by atoms with Crippen molar-refractivity contribution < 1.29 is 35.3 Å². The van der Waals surface area contributed by atoms with Crippen LogP contribution in [0.1, 0.15) is 28.4 Å². The lowest BCUT2D eigenvalue weighted by molar-refractivity contribution is -0.0500. The second-order valence-electron chi connectivity index (χ2n) is 5.22. The summed E-state index contributed by atoms with van der Waals surface area (Å²) in [7, 11) is -5.68. The molecule has 2 aromatic carbocycles. The van der Waals surface area contributed by atoms with E-state index in [4.69, 9.17) is 4.74 Å². The molecular formula is C17H15F3O5S. The van der Waals surface area contributed by atoms with Crippen molar-refractivity contribution in [1.29, 1.82) is 0 Å². The molecule has 9 heteroatoms. The molecule has 0 saturated carbocycles. The summed E-state index contributed by atoms with van der Waals surface area (Å²) in [5.74, 6) is -0.852. The maximum Gasteiger partial charge on any atom is 0.534 e. The lowest BCUT2D eigenvalue weighted by Gasteiger charge is -2.10. The molecule has 0 aliphatic rings. The van der Waals surface area contributed by atoms with Crippen LogP contribution in [-0.4, -0.2) is 26.5 Å². The van der Waals surface area contributed by atoms with E-state index < -0.39 is 27.3 Å². The molecule has 0 aromatic heterocycles. The first kappa shape index (κ1) is 19.8. The van der Waals surface area contributed by atoms with Crippen LogP contribution in [0.5, 0.6) is 5.75 Å². The summed E-state index contributed by atoms with van der Waals surface area (Å²) in [6.07, 6.45) is 0.440. The number of ether oxygens (including phenoxy) is 1. The van der Waals surface area contributed by atoms with Crippen molar-refractivity contribution in [3.8, 4) is 5.75 Å². The van der Waals surface area contributed by atoms with Crippen LogP contribution in [0.2, 0.25) is 0 Å². The largest absolute Gasteiger partial charge is 0.534 e. The van der Waals surface area contributed by atoms with Gasteiger partial charge in [0.2, 0.25) is 0 Å². The van der Waals surface area contributed by atoms with Crippen LogP contribution < -0.4 is 4.18 Å². The molecule has 0 heterocycles. The summed E-state index contributed by atoms with van der Waals surface area (Å²) in [6, 6.07) is 11.9. The summed E-state index contributed by atoms with van der Waals surface area (Å²) in [5.41, 5.74) is -3.48. The summed E-state index contributed by atoms with van der Waals surface area (Å²) >= 11 is 0. The Hall–Kier alpha value is -2.55. The zero-order valence-electron chi connectivity index (χ0n) is 13.6. The summed E-state index contributed by atoms with van der Waals surface area (Å²) < 4.78 is 67.6. The molecule has 0 bridgehead atoms. The average molecular weight is 388 g/mol. The Bertz CT molecular complexity index is 857. The molecule has 26 heavy (non-hydrogen) atoms. The van der Waals surface area contributed by atoms with Gasteiger partial charge in [0.15, 0.2) is 0 Å². The van der Waals surface area contributed by atoms with E-state index in [1.807, 2.05) is 0 Å². The maximum atomic E-state index is 12.3. The van der Waals surface area contributed by atoms with Crippen LogP contribution in [0.4, 0.5) is 13.2 Å². The van der Waals surface area contributed by atoms with Crippen LogP contribution in [0.25, 0.3) is 0 Å². The van der Waals surface area contributed by atoms with Crippen LogP contribution in [0, 0.1) is 0 Å². The normalized spacial score (nSPS) is 11.8. The Morgan fingerprint density at radius 3 is 1.92 bits per heavy atom. The molecule has 5 nitrogen and oxygen atoms in total. The summed E-state index contributed by atoms with van der Waals surface area (Å²) in [4.78, 5) is 11.6. The monoisotopic (exact) mass is 388 g/mol. The van der Waals surface area contributed by atoms with Crippen LogP contribution in [0.3, 0.4) is 0 Å². The van der Waals surface area contributed by atoms with Crippen molar-refractivity contribution in [2.24, 2.45) is 0 Å². The van der Waals surface area contributed by atoms with Crippen molar-refractivity contribution in [3.05, 3.63) is 65.2 Å². The van der Waals surface area contributed by atoms with E-state index in [0.717, 1.165) is 23.3 Å². The first-order valence-corrected chi connectivity index (χ1v) is 8.89. The Morgan fingerprint density at radius 1 is 0.962 bits per heavy atom. The third-order valence-electron chi connectivity index (χ3n) is 3.29. The number of carbonyl (C=O) groups excluding carboxylic acids is 1. The summed E-state index contributed by atoms with van der Waals surface area (Å²) in [6.45, 7) is 1.98. The Kier molecular flexibility index (Phi) is 5.91. The van der Waals surface area contributed by atoms with E-state index >= 15 is 0 Å². The van der Waals surface area contributed by atoms with E-state index in [1.54, 1.807) is 31.2 Å². The Morgan fingerprint density at radius 2 is 1.46 bits per heavy atom. The highest BCUT2D eigenvalue weighted by molar-refractivity contribution is 7.88. The molecular weight excluding hydrogens is 373 g/mol. The van der Waals surface area contributed by atoms with Gasteiger partial charge < -0.3 is 8.92 Å².